The lowest BCUT2D eigenvalue weighted by molar-refractivity contribution is -0.137. The summed E-state index contributed by atoms with van der Waals surface area (Å²) in [5, 5.41) is 20.0. The third-order valence-corrected chi connectivity index (χ3v) is 3.56. The van der Waals surface area contributed by atoms with Gasteiger partial charge < -0.3 is 10.4 Å². The molecule has 1 atom stereocenters. The van der Waals surface area contributed by atoms with Crippen LogP contribution in [0.1, 0.15) is 40.0 Å². The molecule has 1 aromatic rings. The number of anilines is 1. The first-order valence-corrected chi connectivity index (χ1v) is 7.11. The highest BCUT2D eigenvalue weighted by molar-refractivity contribution is 6.29. The summed E-state index contributed by atoms with van der Waals surface area (Å²) in [6.45, 7) is 7.16. The average Bonchev–Trinajstić information content (AvgIpc) is 2.34. The van der Waals surface area contributed by atoms with Crippen molar-refractivity contribution >= 4 is 23.4 Å². The number of carbonyl (C=O) groups is 1. The van der Waals surface area contributed by atoms with Crippen molar-refractivity contribution in [2.75, 3.05) is 11.9 Å². The van der Waals surface area contributed by atoms with Gasteiger partial charge in [0.25, 0.3) is 0 Å². The number of carboxylic acid groups (broad SMARTS) is 1. The molecule has 5 nitrogen and oxygen atoms in total. The number of aliphatic carboxylic acids is 1. The molecule has 112 valence electrons. The molecule has 2 N–H and O–H groups in total. The molecule has 0 bridgehead atoms. The monoisotopic (exact) mass is 299 g/mol. The van der Waals surface area contributed by atoms with E-state index in [1.54, 1.807) is 12.1 Å². The van der Waals surface area contributed by atoms with Crippen molar-refractivity contribution < 1.29 is 9.90 Å². The predicted molar refractivity (Wildman–Crippen MR) is 80.0 cm³/mol. The van der Waals surface area contributed by atoms with Gasteiger partial charge in [0.2, 0.25) is 0 Å². The van der Waals surface area contributed by atoms with Crippen LogP contribution < -0.4 is 5.32 Å². The van der Waals surface area contributed by atoms with Gasteiger partial charge in [0.1, 0.15) is 5.82 Å². The molecule has 0 radical (unpaired) electrons. The van der Waals surface area contributed by atoms with E-state index in [2.05, 4.69) is 36.3 Å². The molecule has 1 heterocycles. The normalized spacial score (nSPS) is 13.0. The Morgan fingerprint density at radius 3 is 2.55 bits per heavy atom. The average molecular weight is 300 g/mol. The van der Waals surface area contributed by atoms with Gasteiger partial charge >= 0.3 is 5.97 Å². The number of aromatic nitrogens is 2. The second-order valence-electron chi connectivity index (χ2n) is 5.95. The maximum atomic E-state index is 10.7. The van der Waals surface area contributed by atoms with Crippen LogP contribution in [0.2, 0.25) is 5.15 Å². The molecule has 6 heteroatoms. The summed E-state index contributed by atoms with van der Waals surface area (Å²) in [6, 6.07) is 3.46. The van der Waals surface area contributed by atoms with Crippen molar-refractivity contribution in [2.24, 2.45) is 11.3 Å². The van der Waals surface area contributed by atoms with Gasteiger partial charge in [-0.1, -0.05) is 32.4 Å². The van der Waals surface area contributed by atoms with E-state index >= 15 is 0 Å². The maximum absolute atomic E-state index is 10.7. The first-order chi connectivity index (χ1) is 9.29. The molecule has 0 aliphatic heterocycles. The highest BCUT2D eigenvalue weighted by Crippen LogP contribution is 2.32. The number of hydrogen-bond donors (Lipinski definition) is 2. The molecule has 0 fully saturated rings. The van der Waals surface area contributed by atoms with Gasteiger partial charge in [-0.15, -0.1) is 10.2 Å². The van der Waals surface area contributed by atoms with Crippen LogP contribution in [0.4, 0.5) is 5.82 Å². The van der Waals surface area contributed by atoms with Crippen molar-refractivity contribution in [3.8, 4) is 0 Å². The largest absolute Gasteiger partial charge is 0.481 e. The van der Waals surface area contributed by atoms with Gasteiger partial charge in [-0.2, -0.15) is 0 Å². The van der Waals surface area contributed by atoms with E-state index in [-0.39, 0.29) is 11.8 Å². The van der Waals surface area contributed by atoms with Crippen LogP contribution in [-0.4, -0.2) is 27.8 Å². The van der Waals surface area contributed by atoms with E-state index in [1.807, 2.05) is 0 Å². The fourth-order valence-corrected chi connectivity index (χ4v) is 2.19. The summed E-state index contributed by atoms with van der Waals surface area (Å²) in [7, 11) is 0. The Morgan fingerprint density at radius 1 is 1.35 bits per heavy atom. The van der Waals surface area contributed by atoms with Crippen LogP contribution in [0.3, 0.4) is 0 Å². The van der Waals surface area contributed by atoms with Gasteiger partial charge in [0.15, 0.2) is 5.15 Å². The lowest BCUT2D eigenvalue weighted by Crippen LogP contribution is -2.24. The van der Waals surface area contributed by atoms with Crippen LogP contribution >= 0.6 is 11.6 Å². The lowest BCUT2D eigenvalue weighted by atomic mass is 9.76. The summed E-state index contributed by atoms with van der Waals surface area (Å²) >= 11 is 5.67. The second-order valence-corrected chi connectivity index (χ2v) is 6.34. The van der Waals surface area contributed by atoms with E-state index in [1.165, 1.54) is 0 Å². The minimum absolute atomic E-state index is 0.0861. The number of nitrogens with one attached hydrogen (secondary N) is 1. The van der Waals surface area contributed by atoms with E-state index in [0.717, 1.165) is 13.0 Å². The van der Waals surface area contributed by atoms with E-state index in [4.69, 9.17) is 16.7 Å². The van der Waals surface area contributed by atoms with E-state index < -0.39 is 5.97 Å². The van der Waals surface area contributed by atoms with Crippen molar-refractivity contribution in [1.82, 2.24) is 10.2 Å². The van der Waals surface area contributed by atoms with Crippen LogP contribution in [0.25, 0.3) is 0 Å². The molecular weight excluding hydrogens is 278 g/mol. The Balaban J connectivity index is 2.45. The number of carboxylic acids is 1. The van der Waals surface area contributed by atoms with E-state index in [0.29, 0.717) is 23.3 Å². The molecule has 1 rings (SSSR count). The van der Waals surface area contributed by atoms with Gasteiger partial charge in [-0.05, 0) is 36.3 Å². The zero-order chi connectivity index (χ0) is 15.2. The highest BCUT2D eigenvalue weighted by atomic mass is 35.5. The van der Waals surface area contributed by atoms with Gasteiger partial charge in [-0.25, -0.2) is 0 Å². The van der Waals surface area contributed by atoms with Crippen molar-refractivity contribution in [1.29, 1.82) is 0 Å². The van der Waals surface area contributed by atoms with Crippen LogP contribution in [-0.2, 0) is 4.79 Å². The van der Waals surface area contributed by atoms with Crippen molar-refractivity contribution in [3.63, 3.8) is 0 Å². The highest BCUT2D eigenvalue weighted by Gasteiger charge is 2.24. The molecule has 0 saturated carbocycles. The molecular formula is C14H22ClN3O2. The lowest BCUT2D eigenvalue weighted by Gasteiger charge is -2.30. The van der Waals surface area contributed by atoms with Gasteiger partial charge in [0, 0.05) is 13.0 Å². The third kappa shape index (κ3) is 6.19. The standard InChI is InChI=1S/C14H22ClN3O2/c1-14(2,3)10(4-7-13(19)20)8-9-16-12-6-5-11(15)17-18-12/h5-6,10H,4,7-9H2,1-3H3,(H,16,18)(H,19,20). The first-order valence-electron chi connectivity index (χ1n) is 6.74. The number of nitrogens with zero attached hydrogens (tertiary/aromatic N) is 2. The third-order valence-electron chi connectivity index (χ3n) is 3.36. The molecule has 0 saturated heterocycles. The fourth-order valence-electron chi connectivity index (χ4n) is 2.09. The Hall–Kier alpha value is -1.36. The molecule has 1 unspecified atom stereocenters. The van der Waals surface area contributed by atoms with Crippen LogP contribution in [0.5, 0.6) is 0 Å². The fraction of sp³-hybridized carbons (Fsp3) is 0.643. The summed E-state index contributed by atoms with van der Waals surface area (Å²) in [4.78, 5) is 10.7. The molecule has 0 spiro atoms. The molecule has 1 aromatic heterocycles. The van der Waals surface area contributed by atoms with Crippen molar-refractivity contribution in [2.45, 2.75) is 40.0 Å². The van der Waals surface area contributed by atoms with Gasteiger partial charge in [-0.3, -0.25) is 4.79 Å². The Labute approximate surface area is 124 Å². The Kier molecular flexibility index (Phi) is 6.20. The SMILES string of the molecule is CC(C)(C)C(CCNc1ccc(Cl)nn1)CCC(=O)O. The molecule has 0 aliphatic rings. The molecule has 0 aromatic carbocycles. The maximum Gasteiger partial charge on any atom is 0.303 e. The summed E-state index contributed by atoms with van der Waals surface area (Å²) in [5.41, 5.74) is 0.0861. The number of hydrogen-bond acceptors (Lipinski definition) is 4. The zero-order valence-corrected chi connectivity index (χ0v) is 12.9. The molecule has 20 heavy (non-hydrogen) atoms. The number of rotatable bonds is 7. The first kappa shape index (κ1) is 16.7. The van der Waals surface area contributed by atoms with Gasteiger partial charge in [0.05, 0.1) is 0 Å². The van der Waals surface area contributed by atoms with Crippen LogP contribution in [0, 0.1) is 11.3 Å². The second kappa shape index (κ2) is 7.43. The Bertz CT molecular complexity index is 429. The molecule has 0 amide bonds. The number of halogens is 1. The smallest absolute Gasteiger partial charge is 0.303 e. The summed E-state index contributed by atoms with van der Waals surface area (Å²) < 4.78 is 0. The van der Waals surface area contributed by atoms with Crippen molar-refractivity contribution in [3.05, 3.63) is 17.3 Å². The zero-order valence-electron chi connectivity index (χ0n) is 12.2. The molecule has 0 aliphatic carbocycles. The quantitative estimate of drug-likeness (QED) is 0.806. The van der Waals surface area contributed by atoms with Crippen LogP contribution in [0.15, 0.2) is 12.1 Å². The Morgan fingerprint density at radius 2 is 2.05 bits per heavy atom. The summed E-state index contributed by atoms with van der Waals surface area (Å²) in [6.07, 6.45) is 1.79. The topological polar surface area (TPSA) is 75.1 Å². The minimum atomic E-state index is -0.740. The summed E-state index contributed by atoms with van der Waals surface area (Å²) in [5.74, 6) is 0.280. The minimum Gasteiger partial charge on any atom is -0.481 e. The predicted octanol–water partition coefficient (Wildman–Crippen LogP) is 3.46. The van der Waals surface area contributed by atoms with E-state index in [9.17, 15) is 4.79 Å².